The van der Waals surface area contributed by atoms with Crippen molar-refractivity contribution in [3.05, 3.63) is 89.3 Å². The number of hydrogen-bond donors (Lipinski definition) is 2. The van der Waals surface area contributed by atoms with Crippen molar-refractivity contribution in [1.82, 2.24) is 20.3 Å². The molecule has 0 aliphatic carbocycles. The van der Waals surface area contributed by atoms with Crippen LogP contribution >= 0.6 is 0 Å². The second-order valence-corrected chi connectivity index (χ2v) is 8.37. The van der Waals surface area contributed by atoms with Crippen LogP contribution in [0, 0.1) is 12.7 Å². The zero-order valence-corrected chi connectivity index (χ0v) is 19.1. The molecule has 7 heteroatoms. The number of H-pyrrole nitrogens is 1. The van der Waals surface area contributed by atoms with Gasteiger partial charge in [0, 0.05) is 50.1 Å². The molecule has 0 aliphatic heterocycles. The van der Waals surface area contributed by atoms with Crippen molar-refractivity contribution in [2.75, 3.05) is 19.0 Å². The van der Waals surface area contributed by atoms with Crippen LogP contribution in [0.25, 0.3) is 10.9 Å². The summed E-state index contributed by atoms with van der Waals surface area (Å²) in [6.07, 6.45) is 3.07. The molecule has 4 aromatic rings. The van der Waals surface area contributed by atoms with Crippen LogP contribution in [0.3, 0.4) is 0 Å². The Hall–Kier alpha value is -3.74. The lowest BCUT2D eigenvalue weighted by Gasteiger charge is -2.21. The molecule has 0 radical (unpaired) electrons. The highest BCUT2D eigenvalue weighted by molar-refractivity contribution is 5.83. The third kappa shape index (κ3) is 5.37. The summed E-state index contributed by atoms with van der Waals surface area (Å²) in [4.78, 5) is 27.2. The van der Waals surface area contributed by atoms with Crippen molar-refractivity contribution in [2.45, 2.75) is 32.2 Å². The Kier molecular flexibility index (Phi) is 6.68. The number of hydrogen-bond acceptors (Lipinski definition) is 4. The topological polar surface area (TPSA) is 73.9 Å². The fourth-order valence-corrected chi connectivity index (χ4v) is 3.95. The van der Waals surface area contributed by atoms with Gasteiger partial charge in [-0.3, -0.25) is 4.79 Å². The van der Waals surface area contributed by atoms with Crippen LogP contribution in [0.2, 0.25) is 0 Å². The van der Waals surface area contributed by atoms with E-state index in [1.165, 1.54) is 6.07 Å². The van der Waals surface area contributed by atoms with Gasteiger partial charge in [-0.2, -0.15) is 0 Å². The fourth-order valence-electron chi connectivity index (χ4n) is 3.95. The number of amides is 1. The van der Waals surface area contributed by atoms with Crippen molar-refractivity contribution in [1.29, 1.82) is 0 Å². The van der Waals surface area contributed by atoms with Crippen LogP contribution in [0.5, 0.6) is 0 Å². The number of halogens is 1. The number of anilines is 1. The van der Waals surface area contributed by atoms with E-state index in [1.54, 1.807) is 18.2 Å². The van der Waals surface area contributed by atoms with Crippen molar-refractivity contribution in [2.24, 2.45) is 0 Å². The summed E-state index contributed by atoms with van der Waals surface area (Å²) in [5.41, 5.74) is 3.42. The molecule has 0 saturated heterocycles. The Labute approximate surface area is 192 Å². The molecule has 170 valence electrons. The molecule has 1 amide bonds. The summed E-state index contributed by atoms with van der Waals surface area (Å²) in [6, 6.07) is 16.2. The first-order valence-electron chi connectivity index (χ1n) is 11.0. The lowest BCUT2D eigenvalue weighted by molar-refractivity contribution is -0.121. The number of carbonyl (C=O) groups is 1. The van der Waals surface area contributed by atoms with Gasteiger partial charge in [-0.1, -0.05) is 36.4 Å². The average Bonchev–Trinajstić information content (AvgIpc) is 3.20. The van der Waals surface area contributed by atoms with E-state index in [9.17, 15) is 9.18 Å². The number of nitrogens with zero attached hydrogens (tertiary/aromatic N) is 3. The fraction of sp³-hybridized carbons (Fsp3) is 0.269. The summed E-state index contributed by atoms with van der Waals surface area (Å²) in [5.74, 6) is 0.983. The first-order valence-corrected chi connectivity index (χ1v) is 11.0. The van der Waals surface area contributed by atoms with Crippen LogP contribution in [0.1, 0.15) is 35.1 Å². The van der Waals surface area contributed by atoms with Crippen LogP contribution in [-0.2, 0) is 17.6 Å². The van der Waals surface area contributed by atoms with E-state index in [2.05, 4.69) is 26.3 Å². The first-order chi connectivity index (χ1) is 15.9. The maximum Gasteiger partial charge on any atom is 0.220 e. The van der Waals surface area contributed by atoms with E-state index >= 15 is 0 Å². The number of fused-ring (bicyclic) bond motifs is 1. The largest absolute Gasteiger partial charge is 0.363 e. The smallest absolute Gasteiger partial charge is 0.220 e. The van der Waals surface area contributed by atoms with Gasteiger partial charge in [0.25, 0.3) is 0 Å². The quantitative estimate of drug-likeness (QED) is 0.419. The lowest BCUT2D eigenvalue weighted by atomic mass is 10.0. The molecule has 0 bridgehead atoms. The van der Waals surface area contributed by atoms with E-state index in [4.69, 9.17) is 0 Å². The summed E-state index contributed by atoms with van der Waals surface area (Å²) >= 11 is 0. The van der Waals surface area contributed by atoms with Gasteiger partial charge in [0.1, 0.15) is 17.5 Å². The van der Waals surface area contributed by atoms with Crippen molar-refractivity contribution in [3.8, 4) is 0 Å². The highest BCUT2D eigenvalue weighted by Crippen LogP contribution is 2.25. The predicted molar refractivity (Wildman–Crippen MR) is 129 cm³/mol. The molecule has 0 spiro atoms. The zero-order valence-electron chi connectivity index (χ0n) is 19.1. The van der Waals surface area contributed by atoms with E-state index in [-0.39, 0.29) is 24.2 Å². The van der Waals surface area contributed by atoms with E-state index in [0.717, 1.165) is 28.0 Å². The Morgan fingerprint density at radius 2 is 1.85 bits per heavy atom. The normalized spacial score (nSPS) is 12.0. The highest BCUT2D eigenvalue weighted by Gasteiger charge is 2.20. The monoisotopic (exact) mass is 445 g/mol. The molecular formula is C26H28FN5O. The second-order valence-electron chi connectivity index (χ2n) is 8.37. The van der Waals surface area contributed by atoms with Crippen LogP contribution < -0.4 is 10.2 Å². The molecule has 2 aromatic heterocycles. The van der Waals surface area contributed by atoms with Crippen molar-refractivity contribution < 1.29 is 9.18 Å². The van der Waals surface area contributed by atoms with Crippen molar-refractivity contribution >= 4 is 22.6 Å². The maximum absolute atomic E-state index is 14.0. The standard InChI is InChI=1S/C26H28FN5O/c1-17-29-24(15-25(30-17)32(2)3)23(14-19-16-28-22-11-7-5-9-20(19)22)31-26(33)13-12-18-8-4-6-10-21(18)27/h4-11,15-16,23,28H,12-14H2,1-3H3,(H,31,33)/t23-/m1/s1. The molecule has 0 unspecified atom stereocenters. The number of aromatic nitrogens is 3. The van der Waals surface area contributed by atoms with Crippen LogP contribution in [0.4, 0.5) is 10.2 Å². The number of nitrogens with one attached hydrogen (secondary N) is 2. The van der Waals surface area contributed by atoms with Crippen molar-refractivity contribution in [3.63, 3.8) is 0 Å². The lowest BCUT2D eigenvalue weighted by Crippen LogP contribution is -2.31. The summed E-state index contributed by atoms with van der Waals surface area (Å²) in [7, 11) is 3.85. The molecule has 0 fully saturated rings. The Bertz CT molecular complexity index is 1270. The minimum Gasteiger partial charge on any atom is -0.363 e. The molecule has 4 rings (SSSR count). The van der Waals surface area contributed by atoms with Crippen LogP contribution in [-0.4, -0.2) is 35.0 Å². The molecule has 0 saturated carbocycles. The molecule has 1 atom stereocenters. The highest BCUT2D eigenvalue weighted by atomic mass is 19.1. The molecular weight excluding hydrogens is 417 g/mol. The van der Waals surface area contributed by atoms with Gasteiger partial charge in [-0.15, -0.1) is 0 Å². The maximum atomic E-state index is 14.0. The Morgan fingerprint density at radius 3 is 2.64 bits per heavy atom. The van der Waals surface area contributed by atoms with Gasteiger partial charge in [-0.25, -0.2) is 14.4 Å². The predicted octanol–water partition coefficient (Wildman–Crippen LogP) is 4.50. The summed E-state index contributed by atoms with van der Waals surface area (Å²) in [6.45, 7) is 1.85. The van der Waals surface area contributed by atoms with Gasteiger partial charge < -0.3 is 15.2 Å². The molecule has 6 nitrogen and oxygen atoms in total. The third-order valence-corrected chi connectivity index (χ3v) is 5.67. The Balaban J connectivity index is 1.60. The van der Waals surface area contributed by atoms with Crippen LogP contribution in [0.15, 0.2) is 60.8 Å². The van der Waals surface area contributed by atoms with Gasteiger partial charge in [0.15, 0.2) is 0 Å². The number of para-hydroxylation sites is 1. The number of benzene rings is 2. The van der Waals surface area contributed by atoms with Gasteiger partial charge in [-0.05, 0) is 36.6 Å². The summed E-state index contributed by atoms with van der Waals surface area (Å²) in [5, 5.41) is 4.25. The number of aryl methyl sites for hydroxylation is 2. The molecule has 0 aliphatic rings. The third-order valence-electron chi connectivity index (χ3n) is 5.67. The van der Waals surface area contributed by atoms with Gasteiger partial charge in [0.2, 0.25) is 5.91 Å². The second kappa shape index (κ2) is 9.81. The number of carbonyl (C=O) groups excluding carboxylic acids is 1. The number of rotatable bonds is 8. The number of aromatic amines is 1. The zero-order chi connectivity index (χ0) is 23.4. The van der Waals surface area contributed by atoms with Gasteiger partial charge in [0.05, 0.1) is 11.7 Å². The molecule has 2 heterocycles. The molecule has 33 heavy (non-hydrogen) atoms. The minimum atomic E-state index is -0.349. The van der Waals surface area contributed by atoms with E-state index in [0.29, 0.717) is 24.2 Å². The summed E-state index contributed by atoms with van der Waals surface area (Å²) < 4.78 is 14.0. The minimum absolute atomic E-state index is 0.147. The SMILES string of the molecule is Cc1nc([C@@H](Cc2c[nH]c3ccccc23)NC(=O)CCc2ccccc2F)cc(N(C)C)n1. The van der Waals surface area contributed by atoms with Gasteiger partial charge >= 0.3 is 0 Å². The van der Waals surface area contributed by atoms with E-state index in [1.807, 2.05) is 56.4 Å². The first kappa shape index (κ1) is 22.5. The molecule has 2 N–H and O–H groups in total. The van der Waals surface area contributed by atoms with E-state index < -0.39 is 0 Å². The average molecular weight is 446 g/mol. The molecule has 2 aromatic carbocycles. The Morgan fingerprint density at radius 1 is 1.09 bits per heavy atom.